The third-order valence-electron chi connectivity index (χ3n) is 3.57. The van der Waals surface area contributed by atoms with Gasteiger partial charge in [0.2, 0.25) is 0 Å². The maximum atomic E-state index is 12.0. The first kappa shape index (κ1) is 15.5. The Morgan fingerprint density at radius 3 is 2.06 bits per heavy atom. The molecule has 0 aromatic heterocycles. The fraction of sp³-hybridized carbons (Fsp3) is 0.929. The van der Waals surface area contributed by atoms with E-state index in [9.17, 15) is 4.79 Å². The highest BCUT2D eigenvalue weighted by molar-refractivity contribution is 5.76. The fourth-order valence-electron chi connectivity index (χ4n) is 2.17. The van der Waals surface area contributed by atoms with Gasteiger partial charge in [-0.25, -0.2) is 0 Å². The zero-order chi connectivity index (χ0) is 12.4. The van der Waals surface area contributed by atoms with E-state index < -0.39 is 0 Å². The van der Waals surface area contributed by atoms with Crippen molar-refractivity contribution in [1.29, 1.82) is 0 Å². The molecule has 0 rings (SSSR count). The highest BCUT2D eigenvalue weighted by Crippen LogP contribution is 2.34. The summed E-state index contributed by atoms with van der Waals surface area (Å²) in [5, 5.41) is 0. The number of esters is 1. The largest absolute Gasteiger partial charge is 0.466 e. The van der Waals surface area contributed by atoms with Crippen molar-refractivity contribution in [1.82, 2.24) is 0 Å². The molecule has 0 amide bonds. The summed E-state index contributed by atoms with van der Waals surface area (Å²) in [6.45, 7) is 8.78. The van der Waals surface area contributed by atoms with Gasteiger partial charge in [0.1, 0.15) is 0 Å². The lowest BCUT2D eigenvalue weighted by atomic mass is 9.77. The van der Waals surface area contributed by atoms with Gasteiger partial charge in [0.05, 0.1) is 12.0 Å². The minimum atomic E-state index is -0.219. The van der Waals surface area contributed by atoms with Gasteiger partial charge in [0, 0.05) is 0 Å². The summed E-state index contributed by atoms with van der Waals surface area (Å²) in [5.74, 6) is 0.0106. The predicted molar refractivity (Wildman–Crippen MR) is 68.4 cm³/mol. The maximum Gasteiger partial charge on any atom is 0.312 e. The van der Waals surface area contributed by atoms with Gasteiger partial charge in [-0.05, 0) is 26.2 Å². The van der Waals surface area contributed by atoms with Crippen LogP contribution in [0, 0.1) is 5.41 Å². The highest BCUT2D eigenvalue weighted by atomic mass is 16.5. The Morgan fingerprint density at radius 2 is 1.62 bits per heavy atom. The van der Waals surface area contributed by atoms with E-state index in [2.05, 4.69) is 20.8 Å². The Balaban J connectivity index is 4.26. The first-order chi connectivity index (χ1) is 7.66. The molecule has 0 aliphatic heterocycles. The molecule has 0 atom stereocenters. The van der Waals surface area contributed by atoms with Crippen molar-refractivity contribution in [2.75, 3.05) is 6.61 Å². The molecular weight excluding hydrogens is 200 g/mol. The lowest BCUT2D eigenvalue weighted by molar-refractivity contribution is -0.156. The first-order valence-electron chi connectivity index (χ1n) is 6.84. The molecule has 0 spiro atoms. The van der Waals surface area contributed by atoms with Crippen LogP contribution in [0.3, 0.4) is 0 Å². The molecule has 0 fully saturated rings. The summed E-state index contributed by atoms with van der Waals surface area (Å²) in [6, 6.07) is 0. The predicted octanol–water partition coefficient (Wildman–Crippen LogP) is 4.33. The van der Waals surface area contributed by atoms with E-state index in [0.717, 1.165) is 25.7 Å². The number of rotatable bonds is 9. The normalized spacial score (nSPS) is 11.5. The second-order valence-electron chi connectivity index (χ2n) is 4.52. The molecule has 0 saturated carbocycles. The fourth-order valence-corrected chi connectivity index (χ4v) is 2.17. The molecule has 2 nitrogen and oxygen atoms in total. The van der Waals surface area contributed by atoms with E-state index in [0.29, 0.717) is 6.61 Å². The monoisotopic (exact) mass is 228 g/mol. The molecule has 0 aliphatic carbocycles. The molecule has 0 N–H and O–H groups in total. The Bertz CT molecular complexity index is 183. The summed E-state index contributed by atoms with van der Waals surface area (Å²) in [5.41, 5.74) is -0.219. The quantitative estimate of drug-likeness (QED) is 0.434. The summed E-state index contributed by atoms with van der Waals surface area (Å²) in [6.07, 6.45) is 7.67. The number of hydrogen-bond donors (Lipinski definition) is 0. The van der Waals surface area contributed by atoms with Crippen LogP contribution in [0.15, 0.2) is 0 Å². The van der Waals surface area contributed by atoms with E-state index in [1.165, 1.54) is 19.3 Å². The molecule has 0 saturated heterocycles. The van der Waals surface area contributed by atoms with E-state index >= 15 is 0 Å². The van der Waals surface area contributed by atoms with Gasteiger partial charge in [-0.2, -0.15) is 0 Å². The molecule has 0 bridgehead atoms. The van der Waals surface area contributed by atoms with Crippen LogP contribution >= 0.6 is 0 Å². The zero-order valence-electron chi connectivity index (χ0n) is 11.5. The standard InChI is InChI=1S/C14H28O2/c1-5-9-10-11-12-14(6-2,7-3)13(15)16-8-4/h5-12H2,1-4H3. The van der Waals surface area contributed by atoms with E-state index in [1.54, 1.807) is 0 Å². The Labute approximate surface area is 101 Å². The van der Waals surface area contributed by atoms with Crippen molar-refractivity contribution < 1.29 is 9.53 Å². The topological polar surface area (TPSA) is 26.3 Å². The van der Waals surface area contributed by atoms with Gasteiger partial charge in [-0.3, -0.25) is 4.79 Å². The number of unbranched alkanes of at least 4 members (excludes halogenated alkanes) is 3. The van der Waals surface area contributed by atoms with Gasteiger partial charge in [0.15, 0.2) is 0 Å². The molecule has 16 heavy (non-hydrogen) atoms. The van der Waals surface area contributed by atoms with Crippen LogP contribution in [-0.4, -0.2) is 12.6 Å². The summed E-state index contributed by atoms with van der Waals surface area (Å²) >= 11 is 0. The highest BCUT2D eigenvalue weighted by Gasteiger charge is 2.35. The van der Waals surface area contributed by atoms with Crippen LogP contribution in [0.5, 0.6) is 0 Å². The maximum absolute atomic E-state index is 12.0. The third-order valence-corrected chi connectivity index (χ3v) is 3.57. The van der Waals surface area contributed by atoms with Crippen LogP contribution in [0.1, 0.15) is 72.6 Å². The zero-order valence-corrected chi connectivity index (χ0v) is 11.5. The van der Waals surface area contributed by atoms with E-state index in [1.807, 2.05) is 6.92 Å². The van der Waals surface area contributed by atoms with E-state index in [4.69, 9.17) is 4.74 Å². The van der Waals surface area contributed by atoms with Crippen molar-refractivity contribution in [3.63, 3.8) is 0 Å². The summed E-state index contributed by atoms with van der Waals surface area (Å²) in [4.78, 5) is 12.0. The molecule has 0 heterocycles. The van der Waals surface area contributed by atoms with Gasteiger partial charge in [-0.15, -0.1) is 0 Å². The van der Waals surface area contributed by atoms with Gasteiger partial charge in [0.25, 0.3) is 0 Å². The Morgan fingerprint density at radius 1 is 1.00 bits per heavy atom. The minimum Gasteiger partial charge on any atom is -0.466 e. The average Bonchev–Trinajstić information content (AvgIpc) is 2.30. The van der Waals surface area contributed by atoms with Crippen LogP contribution in [0.2, 0.25) is 0 Å². The van der Waals surface area contributed by atoms with Crippen LogP contribution < -0.4 is 0 Å². The van der Waals surface area contributed by atoms with E-state index in [-0.39, 0.29) is 11.4 Å². The number of hydrogen-bond acceptors (Lipinski definition) is 2. The molecule has 0 aromatic rings. The lowest BCUT2D eigenvalue weighted by Crippen LogP contribution is -2.32. The van der Waals surface area contributed by atoms with Crippen molar-refractivity contribution >= 4 is 5.97 Å². The number of carbonyl (C=O) groups excluding carboxylic acids is 1. The molecule has 2 heteroatoms. The van der Waals surface area contributed by atoms with Crippen LogP contribution in [-0.2, 0) is 9.53 Å². The Kier molecular flexibility index (Phi) is 8.32. The Hall–Kier alpha value is -0.530. The summed E-state index contributed by atoms with van der Waals surface area (Å²) in [7, 11) is 0. The number of ether oxygens (including phenoxy) is 1. The molecule has 0 radical (unpaired) electrons. The van der Waals surface area contributed by atoms with Crippen LogP contribution in [0.25, 0.3) is 0 Å². The van der Waals surface area contributed by atoms with Crippen molar-refractivity contribution in [2.24, 2.45) is 5.41 Å². The van der Waals surface area contributed by atoms with Crippen molar-refractivity contribution in [3.05, 3.63) is 0 Å². The SMILES string of the molecule is CCCCCCC(CC)(CC)C(=O)OCC. The van der Waals surface area contributed by atoms with Gasteiger partial charge < -0.3 is 4.74 Å². The molecule has 96 valence electrons. The van der Waals surface area contributed by atoms with Crippen molar-refractivity contribution in [2.45, 2.75) is 72.6 Å². The molecular formula is C14H28O2. The number of carbonyl (C=O) groups is 1. The first-order valence-corrected chi connectivity index (χ1v) is 6.84. The summed E-state index contributed by atoms with van der Waals surface area (Å²) < 4.78 is 5.21. The van der Waals surface area contributed by atoms with Crippen molar-refractivity contribution in [3.8, 4) is 0 Å². The molecule has 0 aliphatic rings. The lowest BCUT2D eigenvalue weighted by Gasteiger charge is -2.29. The van der Waals surface area contributed by atoms with Gasteiger partial charge in [-0.1, -0.05) is 46.5 Å². The van der Waals surface area contributed by atoms with Gasteiger partial charge >= 0.3 is 5.97 Å². The molecule has 0 aromatic carbocycles. The van der Waals surface area contributed by atoms with Crippen LogP contribution in [0.4, 0.5) is 0 Å². The molecule has 0 unspecified atom stereocenters. The second-order valence-corrected chi connectivity index (χ2v) is 4.52. The third kappa shape index (κ3) is 4.54. The second kappa shape index (κ2) is 8.60. The smallest absolute Gasteiger partial charge is 0.312 e. The minimum absolute atomic E-state index is 0.0106. The average molecular weight is 228 g/mol.